The molecule has 0 bridgehead atoms. The van der Waals surface area contributed by atoms with Crippen LogP contribution in [0.4, 0.5) is 5.69 Å². The fourth-order valence-corrected chi connectivity index (χ4v) is 4.44. The summed E-state index contributed by atoms with van der Waals surface area (Å²) in [6.45, 7) is 1.04. The van der Waals surface area contributed by atoms with Crippen LogP contribution in [0, 0.1) is 0 Å². The number of aromatic carboxylic acids is 1. The van der Waals surface area contributed by atoms with E-state index in [0.717, 1.165) is 19.3 Å². The first kappa shape index (κ1) is 19.1. The van der Waals surface area contributed by atoms with Gasteiger partial charge in [0.1, 0.15) is 0 Å². The van der Waals surface area contributed by atoms with Crippen LogP contribution in [0.3, 0.4) is 0 Å². The minimum Gasteiger partial charge on any atom is -0.545 e. The Kier molecular flexibility index (Phi) is 5.57. The Hall–Kier alpha value is -2.71. The SMILES string of the molecule is O=C([O-])c1ccc(NC(=O)c2ccc(S(=O)(=O)N3CCCCC3)cc2)cc1. The number of nitrogens with zero attached hydrogens (tertiary/aromatic N) is 1. The lowest BCUT2D eigenvalue weighted by molar-refractivity contribution is -0.255. The van der Waals surface area contributed by atoms with Crippen molar-refractivity contribution in [1.29, 1.82) is 0 Å². The lowest BCUT2D eigenvalue weighted by Crippen LogP contribution is -2.35. The molecule has 7 nitrogen and oxygen atoms in total. The number of sulfonamides is 1. The maximum atomic E-state index is 12.6. The Morgan fingerprint density at radius 3 is 1.96 bits per heavy atom. The van der Waals surface area contributed by atoms with Gasteiger partial charge in [0.15, 0.2) is 0 Å². The number of carbonyl (C=O) groups excluding carboxylic acids is 2. The van der Waals surface area contributed by atoms with Crippen LogP contribution in [-0.4, -0.2) is 37.7 Å². The highest BCUT2D eigenvalue weighted by Crippen LogP contribution is 2.21. The van der Waals surface area contributed by atoms with Gasteiger partial charge in [-0.2, -0.15) is 4.31 Å². The molecule has 0 saturated carbocycles. The summed E-state index contributed by atoms with van der Waals surface area (Å²) in [5, 5.41) is 13.4. The van der Waals surface area contributed by atoms with Gasteiger partial charge in [0.25, 0.3) is 5.91 Å². The summed E-state index contributed by atoms with van der Waals surface area (Å²) in [6, 6.07) is 11.4. The lowest BCUT2D eigenvalue weighted by atomic mass is 10.2. The van der Waals surface area contributed by atoms with Crippen molar-refractivity contribution in [3.05, 3.63) is 59.7 Å². The van der Waals surface area contributed by atoms with E-state index in [-0.39, 0.29) is 10.5 Å². The number of rotatable bonds is 5. The predicted octanol–water partition coefficient (Wildman–Crippen LogP) is 1.48. The summed E-state index contributed by atoms with van der Waals surface area (Å²) in [6.07, 6.45) is 2.75. The van der Waals surface area contributed by atoms with Crippen LogP contribution < -0.4 is 10.4 Å². The van der Waals surface area contributed by atoms with Crippen LogP contribution in [0.2, 0.25) is 0 Å². The van der Waals surface area contributed by atoms with E-state index < -0.39 is 21.9 Å². The van der Waals surface area contributed by atoms with Crippen LogP contribution in [0.5, 0.6) is 0 Å². The molecule has 0 aromatic heterocycles. The largest absolute Gasteiger partial charge is 0.545 e. The summed E-state index contributed by atoms with van der Waals surface area (Å²) in [7, 11) is -3.54. The molecule has 27 heavy (non-hydrogen) atoms. The molecule has 8 heteroatoms. The van der Waals surface area contributed by atoms with Crippen molar-refractivity contribution in [3.8, 4) is 0 Å². The van der Waals surface area contributed by atoms with Crippen molar-refractivity contribution < 1.29 is 23.1 Å². The minimum absolute atomic E-state index is 0.0141. The zero-order chi connectivity index (χ0) is 19.4. The molecular weight excluding hydrogens is 368 g/mol. The standard InChI is InChI=1S/C19H20N2O5S/c22-18(20-16-8-4-15(5-9-16)19(23)24)14-6-10-17(11-7-14)27(25,26)21-12-2-1-3-13-21/h4-11H,1-3,12-13H2,(H,20,22)(H,23,24)/p-1. The van der Waals surface area contributed by atoms with Crippen LogP contribution in [-0.2, 0) is 10.0 Å². The molecule has 1 fully saturated rings. The second-order valence-corrected chi connectivity index (χ2v) is 8.25. The van der Waals surface area contributed by atoms with Crippen LogP contribution in [0.25, 0.3) is 0 Å². The Morgan fingerprint density at radius 2 is 1.41 bits per heavy atom. The highest BCUT2D eigenvalue weighted by molar-refractivity contribution is 7.89. The van der Waals surface area contributed by atoms with Gasteiger partial charge in [0, 0.05) is 24.3 Å². The third kappa shape index (κ3) is 4.35. The molecule has 3 rings (SSSR count). The lowest BCUT2D eigenvalue weighted by Gasteiger charge is -2.25. The van der Waals surface area contributed by atoms with Crippen LogP contribution in [0.1, 0.15) is 40.0 Å². The number of anilines is 1. The number of carboxylic acids is 1. The molecular formula is C19H19N2O5S-. The van der Waals surface area contributed by atoms with E-state index in [2.05, 4.69) is 5.32 Å². The van der Waals surface area contributed by atoms with Gasteiger partial charge in [-0.05, 0) is 54.8 Å². The van der Waals surface area contributed by atoms with E-state index >= 15 is 0 Å². The first-order chi connectivity index (χ1) is 12.9. The highest BCUT2D eigenvalue weighted by atomic mass is 32.2. The van der Waals surface area contributed by atoms with Gasteiger partial charge in [-0.3, -0.25) is 4.79 Å². The number of benzene rings is 2. The summed E-state index contributed by atoms with van der Waals surface area (Å²) >= 11 is 0. The van der Waals surface area contributed by atoms with E-state index in [1.165, 1.54) is 52.8 Å². The monoisotopic (exact) mass is 387 g/mol. The molecule has 0 unspecified atom stereocenters. The molecule has 2 aromatic rings. The smallest absolute Gasteiger partial charge is 0.255 e. The summed E-state index contributed by atoms with van der Waals surface area (Å²) in [4.78, 5) is 23.2. The molecule has 1 saturated heterocycles. The maximum Gasteiger partial charge on any atom is 0.255 e. The van der Waals surface area contributed by atoms with Crippen molar-refractivity contribution in [1.82, 2.24) is 4.31 Å². The molecule has 0 aliphatic carbocycles. The summed E-state index contributed by atoms with van der Waals surface area (Å²) < 4.78 is 26.7. The summed E-state index contributed by atoms with van der Waals surface area (Å²) in [5.41, 5.74) is 0.742. The number of carboxylic acid groups (broad SMARTS) is 1. The molecule has 1 heterocycles. The average Bonchev–Trinajstić information content (AvgIpc) is 2.69. The molecule has 1 aliphatic rings. The molecule has 1 N–H and O–H groups in total. The summed E-state index contributed by atoms with van der Waals surface area (Å²) in [5.74, 6) is -1.71. The van der Waals surface area contributed by atoms with Gasteiger partial charge in [-0.25, -0.2) is 8.42 Å². The third-order valence-corrected chi connectivity index (χ3v) is 6.36. The van der Waals surface area contributed by atoms with Gasteiger partial charge in [-0.15, -0.1) is 0 Å². The average molecular weight is 387 g/mol. The Bertz CT molecular complexity index is 931. The number of hydrogen-bond acceptors (Lipinski definition) is 5. The van der Waals surface area contributed by atoms with Crippen molar-refractivity contribution in [2.24, 2.45) is 0 Å². The maximum absolute atomic E-state index is 12.6. The normalized spacial score (nSPS) is 15.3. The van der Waals surface area contributed by atoms with Crippen LogP contribution in [0.15, 0.2) is 53.4 Å². The third-order valence-electron chi connectivity index (χ3n) is 4.45. The fraction of sp³-hybridized carbons (Fsp3) is 0.263. The Labute approximate surface area is 157 Å². The molecule has 0 spiro atoms. The van der Waals surface area contributed by atoms with Gasteiger partial charge in [0.2, 0.25) is 10.0 Å². The number of amides is 1. The number of hydrogen-bond donors (Lipinski definition) is 1. The zero-order valence-corrected chi connectivity index (χ0v) is 15.4. The molecule has 0 radical (unpaired) electrons. The topological polar surface area (TPSA) is 107 Å². The van der Waals surface area contributed by atoms with E-state index in [1.807, 2.05) is 0 Å². The second kappa shape index (κ2) is 7.89. The first-order valence-electron chi connectivity index (χ1n) is 8.61. The molecule has 1 aliphatic heterocycles. The molecule has 1 amide bonds. The minimum atomic E-state index is -3.54. The van der Waals surface area contributed by atoms with Crippen molar-refractivity contribution in [2.45, 2.75) is 24.2 Å². The highest BCUT2D eigenvalue weighted by Gasteiger charge is 2.25. The predicted molar refractivity (Wildman–Crippen MR) is 97.8 cm³/mol. The number of nitrogens with one attached hydrogen (secondary N) is 1. The molecule has 2 aromatic carbocycles. The van der Waals surface area contributed by atoms with Crippen molar-refractivity contribution >= 4 is 27.6 Å². The Balaban J connectivity index is 1.70. The molecule has 142 valence electrons. The van der Waals surface area contributed by atoms with Gasteiger partial charge in [-0.1, -0.05) is 18.6 Å². The molecule has 0 atom stereocenters. The van der Waals surface area contributed by atoms with E-state index in [0.29, 0.717) is 24.3 Å². The van der Waals surface area contributed by atoms with Crippen molar-refractivity contribution in [2.75, 3.05) is 18.4 Å². The van der Waals surface area contributed by atoms with E-state index in [9.17, 15) is 23.1 Å². The second-order valence-electron chi connectivity index (χ2n) is 6.31. The number of carbonyl (C=O) groups is 2. The van der Waals surface area contributed by atoms with E-state index in [4.69, 9.17) is 0 Å². The quantitative estimate of drug-likeness (QED) is 0.836. The van der Waals surface area contributed by atoms with Gasteiger partial charge < -0.3 is 15.2 Å². The van der Waals surface area contributed by atoms with E-state index in [1.54, 1.807) is 0 Å². The Morgan fingerprint density at radius 1 is 0.852 bits per heavy atom. The van der Waals surface area contributed by atoms with Crippen LogP contribution >= 0.6 is 0 Å². The zero-order valence-electron chi connectivity index (χ0n) is 14.6. The van der Waals surface area contributed by atoms with Gasteiger partial charge >= 0.3 is 0 Å². The first-order valence-corrected chi connectivity index (χ1v) is 10.0. The fourth-order valence-electron chi connectivity index (χ4n) is 2.93. The van der Waals surface area contributed by atoms with Gasteiger partial charge in [0.05, 0.1) is 10.9 Å². The number of piperidine rings is 1. The van der Waals surface area contributed by atoms with Crippen molar-refractivity contribution in [3.63, 3.8) is 0 Å².